The summed E-state index contributed by atoms with van der Waals surface area (Å²) >= 11 is 0. The zero-order chi connectivity index (χ0) is 28.6. The van der Waals surface area contributed by atoms with E-state index in [-0.39, 0.29) is 23.3 Å². The number of phenolic OH excluding ortho intramolecular Hbond substituents is 1. The molecule has 0 unspecified atom stereocenters. The fourth-order valence-corrected chi connectivity index (χ4v) is 5.61. The van der Waals surface area contributed by atoms with Crippen molar-refractivity contribution in [3.8, 4) is 5.75 Å². The molecule has 2 aliphatic rings. The quantitative estimate of drug-likeness (QED) is 0.236. The number of benzene rings is 2. The minimum absolute atomic E-state index is 0.0328. The van der Waals surface area contributed by atoms with Crippen LogP contribution in [0.1, 0.15) is 66.1 Å². The molecule has 0 aliphatic heterocycles. The van der Waals surface area contributed by atoms with Gasteiger partial charge in [-0.25, -0.2) is 0 Å². The van der Waals surface area contributed by atoms with Crippen molar-refractivity contribution in [1.29, 1.82) is 0 Å². The van der Waals surface area contributed by atoms with E-state index in [0.29, 0.717) is 48.3 Å². The number of aromatic nitrogens is 1. The molecule has 2 aromatic carbocycles. The van der Waals surface area contributed by atoms with Crippen LogP contribution < -0.4 is 10.9 Å². The molecule has 8 nitrogen and oxygen atoms in total. The van der Waals surface area contributed by atoms with Gasteiger partial charge in [0.05, 0.1) is 11.6 Å². The number of H-pyrrole nitrogens is 1. The van der Waals surface area contributed by atoms with Crippen LogP contribution in [0.25, 0.3) is 10.9 Å². The number of nitrogens with one attached hydrogen (secondary N) is 2. The molecule has 1 saturated carbocycles. The number of carbonyl (C=O) groups excluding carboxylic acids is 1. The summed E-state index contributed by atoms with van der Waals surface area (Å²) in [6.07, 6.45) is 13.3. The predicted octanol–water partition coefficient (Wildman–Crippen LogP) is 4.90. The lowest BCUT2D eigenvalue weighted by atomic mass is 10.0. The number of aliphatic hydroxyl groups is 1. The lowest BCUT2D eigenvalue weighted by Crippen LogP contribution is -2.40. The fraction of sp³-hybridized carbons (Fsp3) is 0.364. The van der Waals surface area contributed by atoms with E-state index >= 15 is 0 Å². The van der Waals surface area contributed by atoms with Crippen LogP contribution in [0.15, 0.2) is 77.3 Å². The van der Waals surface area contributed by atoms with Gasteiger partial charge in [0, 0.05) is 36.1 Å². The smallest absolute Gasteiger partial charge is 0.254 e. The average Bonchev–Trinajstić information content (AvgIpc) is 3.53. The first-order valence-electron chi connectivity index (χ1n) is 14.5. The Morgan fingerprint density at radius 2 is 1.90 bits per heavy atom. The second-order valence-electron chi connectivity index (χ2n) is 10.7. The van der Waals surface area contributed by atoms with E-state index in [1.807, 2.05) is 41.3 Å². The van der Waals surface area contributed by atoms with Gasteiger partial charge >= 0.3 is 0 Å². The number of nitrogens with zero attached hydrogens (tertiary/aromatic N) is 1. The first-order chi connectivity index (χ1) is 20.0. The average molecular weight is 557 g/mol. The Balaban J connectivity index is 1.14. The largest absolute Gasteiger partial charge is 0.506 e. The van der Waals surface area contributed by atoms with Crippen molar-refractivity contribution in [2.75, 3.05) is 19.6 Å². The number of hydrogen-bond acceptors (Lipinski definition) is 6. The molecule has 1 radical (unpaired) electrons. The molecule has 1 heterocycles. The van der Waals surface area contributed by atoms with Crippen LogP contribution in [-0.2, 0) is 11.3 Å². The highest BCUT2D eigenvalue weighted by Crippen LogP contribution is 2.29. The zero-order valence-corrected chi connectivity index (χ0v) is 23.2. The number of ether oxygens (including phenoxy) is 1. The third kappa shape index (κ3) is 7.26. The number of carbonyl (C=O) groups is 1. The van der Waals surface area contributed by atoms with Gasteiger partial charge in [-0.3, -0.25) is 9.59 Å². The van der Waals surface area contributed by atoms with Gasteiger partial charge in [0.1, 0.15) is 18.1 Å². The Kier molecular flexibility index (Phi) is 9.54. The Morgan fingerprint density at radius 3 is 2.66 bits per heavy atom. The highest BCUT2D eigenvalue weighted by Gasteiger charge is 2.27. The maximum atomic E-state index is 13.5. The second-order valence-corrected chi connectivity index (χ2v) is 10.7. The minimum atomic E-state index is -0.817. The van der Waals surface area contributed by atoms with Gasteiger partial charge in [0.2, 0.25) is 5.56 Å². The van der Waals surface area contributed by atoms with Crippen LogP contribution >= 0.6 is 0 Å². The van der Waals surface area contributed by atoms with Gasteiger partial charge in [0.25, 0.3) is 5.91 Å². The van der Waals surface area contributed by atoms with Gasteiger partial charge in [-0.15, -0.1) is 0 Å². The van der Waals surface area contributed by atoms with Crippen LogP contribution in [-0.4, -0.2) is 51.7 Å². The Hall–Kier alpha value is -3.88. The third-order valence-electron chi connectivity index (χ3n) is 7.83. The van der Waals surface area contributed by atoms with Crippen molar-refractivity contribution in [2.24, 2.45) is 0 Å². The standard InChI is InChI=1S/C33H38N3O5/c37-29-17-15-27(28-16-18-31(39)35-32(28)29)30(38)21-34-19-6-20-36(25-7-4-5-8-25)33(40)24-13-11-23(12-14-24)22-41-26-9-2-1-3-10-26/h2-3,9-18,25,30,34,37-38H,1,4-8,19-22H2,(H,35,39)/t30-/m0/s1. The molecular formula is C33H38N3O5. The van der Waals surface area contributed by atoms with E-state index < -0.39 is 6.10 Å². The third-order valence-corrected chi connectivity index (χ3v) is 7.83. The van der Waals surface area contributed by atoms with Crippen molar-refractivity contribution in [2.45, 2.75) is 57.3 Å². The normalized spacial score (nSPS) is 16.1. The SMILES string of the molecule is O=C(c1ccc(COC2=C[CH]CC=C2)cc1)N(CCCNC[C@H](O)c1ccc(O)c2[nH]c(=O)ccc12)C1CCCC1. The molecule has 0 bridgehead atoms. The summed E-state index contributed by atoms with van der Waals surface area (Å²) in [5.74, 6) is 0.869. The number of aromatic hydroxyl groups is 1. The maximum Gasteiger partial charge on any atom is 0.254 e. The Bertz CT molecular complexity index is 1450. The molecule has 1 atom stereocenters. The van der Waals surface area contributed by atoms with Gasteiger partial charge in [-0.1, -0.05) is 37.1 Å². The van der Waals surface area contributed by atoms with Gasteiger partial charge in [-0.2, -0.15) is 0 Å². The maximum absolute atomic E-state index is 13.5. The highest BCUT2D eigenvalue weighted by molar-refractivity contribution is 5.94. The summed E-state index contributed by atoms with van der Waals surface area (Å²) in [5.41, 5.74) is 2.34. The molecule has 0 saturated heterocycles. The highest BCUT2D eigenvalue weighted by atomic mass is 16.5. The topological polar surface area (TPSA) is 115 Å². The molecule has 2 aliphatic carbocycles. The lowest BCUT2D eigenvalue weighted by molar-refractivity contribution is 0.0678. The number of hydrogen-bond donors (Lipinski definition) is 4. The number of aliphatic hydroxyl groups excluding tert-OH is 1. The van der Waals surface area contributed by atoms with Crippen LogP contribution in [0, 0.1) is 6.42 Å². The number of aromatic amines is 1. The van der Waals surface area contributed by atoms with E-state index in [9.17, 15) is 19.8 Å². The number of rotatable bonds is 12. The van der Waals surface area contributed by atoms with Crippen molar-refractivity contribution >= 4 is 16.8 Å². The van der Waals surface area contributed by atoms with E-state index in [1.54, 1.807) is 12.1 Å². The molecule has 4 N–H and O–H groups in total. The molecule has 1 fully saturated rings. The van der Waals surface area contributed by atoms with Gasteiger partial charge in [0.15, 0.2) is 0 Å². The van der Waals surface area contributed by atoms with Crippen molar-refractivity contribution in [1.82, 2.24) is 15.2 Å². The molecule has 41 heavy (non-hydrogen) atoms. The summed E-state index contributed by atoms with van der Waals surface area (Å²) in [7, 11) is 0. The fourth-order valence-electron chi connectivity index (χ4n) is 5.61. The molecule has 1 aromatic heterocycles. The van der Waals surface area contributed by atoms with Crippen LogP contribution in [0.3, 0.4) is 0 Å². The first kappa shape index (κ1) is 28.6. The first-order valence-corrected chi connectivity index (χ1v) is 14.5. The van der Waals surface area contributed by atoms with E-state index in [2.05, 4.69) is 22.8 Å². The van der Waals surface area contributed by atoms with Crippen LogP contribution in [0.4, 0.5) is 0 Å². The Morgan fingerprint density at radius 1 is 1.10 bits per heavy atom. The van der Waals surface area contributed by atoms with Gasteiger partial charge < -0.3 is 30.2 Å². The summed E-state index contributed by atoms with van der Waals surface area (Å²) in [6.45, 7) is 2.04. The number of amides is 1. The number of phenols is 1. The van der Waals surface area contributed by atoms with E-state index in [1.165, 1.54) is 12.1 Å². The van der Waals surface area contributed by atoms with E-state index in [0.717, 1.165) is 49.8 Å². The molecule has 0 spiro atoms. The zero-order valence-electron chi connectivity index (χ0n) is 23.2. The number of fused-ring (bicyclic) bond motifs is 1. The summed E-state index contributed by atoms with van der Waals surface area (Å²) in [4.78, 5) is 29.9. The van der Waals surface area contributed by atoms with Crippen molar-refractivity contribution in [3.05, 3.63) is 106 Å². The molecule has 215 valence electrons. The van der Waals surface area contributed by atoms with Crippen LogP contribution in [0.5, 0.6) is 5.75 Å². The molecule has 5 rings (SSSR count). The monoisotopic (exact) mass is 556 g/mol. The number of pyridine rings is 1. The molecule has 8 heteroatoms. The molecule has 3 aromatic rings. The molecular weight excluding hydrogens is 518 g/mol. The summed E-state index contributed by atoms with van der Waals surface area (Å²) < 4.78 is 5.85. The number of allylic oxidation sites excluding steroid dienone is 3. The predicted molar refractivity (Wildman–Crippen MR) is 159 cm³/mol. The second kappa shape index (κ2) is 13.7. The summed E-state index contributed by atoms with van der Waals surface area (Å²) in [5, 5.41) is 24.8. The van der Waals surface area contributed by atoms with Crippen molar-refractivity contribution < 1.29 is 19.7 Å². The van der Waals surface area contributed by atoms with Crippen LogP contribution in [0.2, 0.25) is 0 Å². The Labute approximate surface area is 240 Å². The molecule has 1 amide bonds. The summed E-state index contributed by atoms with van der Waals surface area (Å²) in [6, 6.07) is 14.1. The van der Waals surface area contributed by atoms with Crippen molar-refractivity contribution in [3.63, 3.8) is 0 Å². The lowest BCUT2D eigenvalue weighted by Gasteiger charge is -2.29. The van der Waals surface area contributed by atoms with Gasteiger partial charge in [-0.05, 0) is 86.2 Å². The minimum Gasteiger partial charge on any atom is -0.506 e. The van der Waals surface area contributed by atoms with E-state index in [4.69, 9.17) is 4.74 Å².